The molecule has 0 radical (unpaired) electrons. The average Bonchev–Trinajstić information content (AvgIpc) is 2.80. The summed E-state index contributed by atoms with van der Waals surface area (Å²) in [5, 5.41) is 9.02. The molecule has 94 valence electrons. The van der Waals surface area contributed by atoms with Gasteiger partial charge in [0.05, 0.1) is 11.6 Å². The van der Waals surface area contributed by atoms with Crippen molar-refractivity contribution in [3.63, 3.8) is 0 Å². The van der Waals surface area contributed by atoms with Gasteiger partial charge < -0.3 is 4.90 Å². The summed E-state index contributed by atoms with van der Waals surface area (Å²) in [6, 6.07) is 12.5. The summed E-state index contributed by atoms with van der Waals surface area (Å²) in [4.78, 5) is 2.05. The topological polar surface area (TPSA) is 27.0 Å². The van der Waals surface area contributed by atoms with Crippen LogP contribution in [0, 0.1) is 17.1 Å². The molecule has 1 aliphatic heterocycles. The number of hydrogen-bond acceptors (Lipinski definition) is 2. The highest BCUT2D eigenvalue weighted by Gasteiger charge is 2.21. The molecule has 1 aliphatic rings. The Kier molecular flexibility index (Phi) is 3.00. The molecule has 0 saturated heterocycles. The summed E-state index contributed by atoms with van der Waals surface area (Å²) in [5.74, 6) is -0.235. The number of nitrogens with zero attached hydrogens (tertiary/aromatic N) is 2. The maximum atomic E-state index is 13.4. The zero-order valence-corrected chi connectivity index (χ0v) is 11.6. The zero-order valence-electron chi connectivity index (χ0n) is 10.0. The Morgan fingerprint density at radius 1 is 1.21 bits per heavy atom. The van der Waals surface area contributed by atoms with E-state index >= 15 is 0 Å². The number of benzene rings is 2. The van der Waals surface area contributed by atoms with E-state index in [0.717, 1.165) is 34.4 Å². The molecule has 2 aromatic carbocycles. The summed E-state index contributed by atoms with van der Waals surface area (Å²) < 4.78 is 14.2. The van der Waals surface area contributed by atoms with Crippen LogP contribution in [-0.2, 0) is 6.42 Å². The molecule has 0 saturated carbocycles. The number of halogens is 2. The lowest BCUT2D eigenvalue weighted by atomic mass is 10.1. The van der Waals surface area contributed by atoms with E-state index in [1.54, 1.807) is 12.1 Å². The van der Waals surface area contributed by atoms with E-state index in [1.165, 1.54) is 6.07 Å². The highest BCUT2D eigenvalue weighted by Crippen LogP contribution is 2.36. The lowest BCUT2D eigenvalue weighted by Crippen LogP contribution is -2.13. The maximum Gasteiger partial charge on any atom is 0.125 e. The second-order valence-electron chi connectivity index (χ2n) is 4.48. The standard InChI is InChI=1S/C15H10BrFN2/c16-12-5-10(9-18)6-14(7-12)19-4-3-11-1-2-13(17)8-15(11)19/h1-2,5-8H,3-4H2. The van der Waals surface area contributed by atoms with Crippen molar-refractivity contribution in [3.8, 4) is 6.07 Å². The molecule has 0 unspecified atom stereocenters. The first-order chi connectivity index (χ1) is 9.17. The summed E-state index contributed by atoms with van der Waals surface area (Å²) in [6.45, 7) is 0.806. The molecule has 0 aliphatic carbocycles. The molecular weight excluding hydrogens is 307 g/mol. The fourth-order valence-corrected chi connectivity index (χ4v) is 2.90. The maximum absolute atomic E-state index is 13.4. The van der Waals surface area contributed by atoms with Crippen molar-refractivity contribution in [1.29, 1.82) is 5.26 Å². The van der Waals surface area contributed by atoms with Gasteiger partial charge in [-0.15, -0.1) is 0 Å². The molecule has 1 heterocycles. The first-order valence-electron chi connectivity index (χ1n) is 5.94. The van der Waals surface area contributed by atoms with Gasteiger partial charge in [-0.25, -0.2) is 4.39 Å². The number of nitriles is 1. The molecule has 0 bridgehead atoms. The van der Waals surface area contributed by atoms with Crippen LogP contribution in [0.3, 0.4) is 0 Å². The van der Waals surface area contributed by atoms with Crippen LogP contribution in [0.15, 0.2) is 40.9 Å². The van der Waals surface area contributed by atoms with E-state index in [9.17, 15) is 4.39 Å². The third kappa shape index (κ3) is 2.22. The van der Waals surface area contributed by atoms with Crippen molar-refractivity contribution in [3.05, 3.63) is 57.8 Å². The van der Waals surface area contributed by atoms with E-state index in [4.69, 9.17) is 5.26 Å². The van der Waals surface area contributed by atoms with Crippen LogP contribution in [0.4, 0.5) is 15.8 Å². The number of anilines is 2. The molecule has 0 aromatic heterocycles. The highest BCUT2D eigenvalue weighted by molar-refractivity contribution is 9.10. The van der Waals surface area contributed by atoms with Crippen molar-refractivity contribution in [2.24, 2.45) is 0 Å². The largest absolute Gasteiger partial charge is 0.341 e. The summed E-state index contributed by atoms with van der Waals surface area (Å²) in [5.41, 5.74) is 3.53. The third-order valence-electron chi connectivity index (χ3n) is 3.27. The summed E-state index contributed by atoms with van der Waals surface area (Å²) in [7, 11) is 0. The first-order valence-corrected chi connectivity index (χ1v) is 6.73. The molecule has 3 rings (SSSR count). The van der Waals surface area contributed by atoms with E-state index in [-0.39, 0.29) is 5.82 Å². The Morgan fingerprint density at radius 3 is 2.84 bits per heavy atom. The Hall–Kier alpha value is -1.86. The van der Waals surface area contributed by atoms with Gasteiger partial charge in [-0.3, -0.25) is 0 Å². The van der Waals surface area contributed by atoms with Gasteiger partial charge in [-0.2, -0.15) is 5.26 Å². The summed E-state index contributed by atoms with van der Waals surface area (Å²) in [6.07, 6.45) is 0.893. The fraction of sp³-hybridized carbons (Fsp3) is 0.133. The molecule has 4 heteroatoms. The quantitative estimate of drug-likeness (QED) is 0.790. The van der Waals surface area contributed by atoms with Crippen LogP contribution in [0.25, 0.3) is 0 Å². The molecule has 0 spiro atoms. The predicted molar refractivity (Wildman–Crippen MR) is 76.0 cm³/mol. The molecule has 0 N–H and O–H groups in total. The van der Waals surface area contributed by atoms with Crippen molar-refractivity contribution < 1.29 is 4.39 Å². The molecule has 2 nitrogen and oxygen atoms in total. The number of rotatable bonds is 1. The minimum Gasteiger partial charge on any atom is -0.341 e. The van der Waals surface area contributed by atoms with Gasteiger partial charge in [0.2, 0.25) is 0 Å². The van der Waals surface area contributed by atoms with Gasteiger partial charge in [0.25, 0.3) is 0 Å². The van der Waals surface area contributed by atoms with Crippen LogP contribution < -0.4 is 4.90 Å². The normalized spacial score (nSPS) is 13.2. The van der Waals surface area contributed by atoms with Gasteiger partial charge >= 0.3 is 0 Å². The zero-order chi connectivity index (χ0) is 13.4. The number of fused-ring (bicyclic) bond motifs is 1. The van der Waals surface area contributed by atoms with Gasteiger partial charge in [0.15, 0.2) is 0 Å². The lowest BCUT2D eigenvalue weighted by Gasteiger charge is -2.20. The van der Waals surface area contributed by atoms with E-state index < -0.39 is 0 Å². The molecule has 0 fully saturated rings. The first kappa shape index (κ1) is 12.2. The van der Waals surface area contributed by atoms with Crippen molar-refractivity contribution in [1.82, 2.24) is 0 Å². The SMILES string of the molecule is N#Cc1cc(Br)cc(N2CCc3ccc(F)cc32)c1. The summed E-state index contributed by atoms with van der Waals surface area (Å²) >= 11 is 3.40. The van der Waals surface area contributed by atoms with Crippen LogP contribution >= 0.6 is 15.9 Å². The monoisotopic (exact) mass is 316 g/mol. The van der Waals surface area contributed by atoms with Crippen LogP contribution in [-0.4, -0.2) is 6.54 Å². The average molecular weight is 317 g/mol. The molecule has 0 amide bonds. The van der Waals surface area contributed by atoms with Gasteiger partial charge in [0, 0.05) is 22.4 Å². The minimum atomic E-state index is -0.235. The fourth-order valence-electron chi connectivity index (χ4n) is 2.42. The minimum absolute atomic E-state index is 0.235. The van der Waals surface area contributed by atoms with E-state index in [2.05, 4.69) is 22.0 Å². The molecule has 2 aromatic rings. The predicted octanol–water partition coefficient (Wildman–Crippen LogP) is 4.15. The third-order valence-corrected chi connectivity index (χ3v) is 3.72. The second kappa shape index (κ2) is 4.67. The van der Waals surface area contributed by atoms with Gasteiger partial charge in [0.1, 0.15) is 5.82 Å². The van der Waals surface area contributed by atoms with Gasteiger partial charge in [-0.1, -0.05) is 22.0 Å². The van der Waals surface area contributed by atoms with Crippen LogP contribution in [0.2, 0.25) is 0 Å². The van der Waals surface area contributed by atoms with Crippen molar-refractivity contribution in [2.75, 3.05) is 11.4 Å². The van der Waals surface area contributed by atoms with Crippen LogP contribution in [0.1, 0.15) is 11.1 Å². The highest BCUT2D eigenvalue weighted by atomic mass is 79.9. The lowest BCUT2D eigenvalue weighted by molar-refractivity contribution is 0.628. The van der Waals surface area contributed by atoms with Crippen molar-refractivity contribution in [2.45, 2.75) is 6.42 Å². The Labute approximate surface area is 119 Å². The Bertz CT molecular complexity index is 691. The van der Waals surface area contributed by atoms with Gasteiger partial charge in [-0.05, 0) is 42.3 Å². The number of hydrogen-bond donors (Lipinski definition) is 0. The van der Waals surface area contributed by atoms with Crippen molar-refractivity contribution >= 4 is 27.3 Å². The Balaban J connectivity index is 2.09. The molecule has 19 heavy (non-hydrogen) atoms. The van der Waals surface area contributed by atoms with Crippen LogP contribution in [0.5, 0.6) is 0 Å². The smallest absolute Gasteiger partial charge is 0.125 e. The Morgan fingerprint density at radius 2 is 2.05 bits per heavy atom. The van der Waals surface area contributed by atoms with E-state index in [0.29, 0.717) is 5.56 Å². The molecular formula is C15H10BrFN2. The van der Waals surface area contributed by atoms with E-state index in [1.807, 2.05) is 23.1 Å². The second-order valence-corrected chi connectivity index (χ2v) is 5.40. The molecule has 0 atom stereocenters.